The number of carboxylic acids is 1. The minimum Gasteiger partial charge on any atom is -0.481 e. The zero-order valence-corrected chi connectivity index (χ0v) is 10.3. The number of carbonyl (C=O) groups excluding carboxylic acids is 2. The van der Waals surface area contributed by atoms with E-state index in [-0.39, 0.29) is 24.5 Å². The number of Topliss-reactive ketones (excluding diaryl/α,β-unsaturated/α-hetero) is 1. The van der Waals surface area contributed by atoms with E-state index in [2.05, 4.69) is 10.6 Å². The smallest absolute Gasteiger partial charge is 0.303 e. The number of rotatable bonds is 9. The van der Waals surface area contributed by atoms with Crippen molar-refractivity contribution >= 4 is 17.7 Å². The number of hydrogen-bond acceptors (Lipinski definition) is 4. The van der Waals surface area contributed by atoms with Gasteiger partial charge >= 0.3 is 5.97 Å². The summed E-state index contributed by atoms with van der Waals surface area (Å²) < 4.78 is 0. The molecule has 0 heterocycles. The van der Waals surface area contributed by atoms with E-state index in [0.29, 0.717) is 12.8 Å². The fourth-order valence-corrected chi connectivity index (χ4v) is 1.34. The molecule has 6 nitrogen and oxygen atoms in total. The van der Waals surface area contributed by atoms with Crippen LogP contribution >= 0.6 is 0 Å². The van der Waals surface area contributed by atoms with E-state index in [4.69, 9.17) is 5.11 Å². The number of ketones is 1. The number of amides is 1. The molecule has 0 aliphatic rings. The first-order chi connectivity index (χ1) is 7.97. The summed E-state index contributed by atoms with van der Waals surface area (Å²) in [5, 5.41) is 14.0. The van der Waals surface area contributed by atoms with E-state index in [1.165, 1.54) is 6.92 Å². The highest BCUT2D eigenvalue weighted by atomic mass is 16.4. The fourth-order valence-electron chi connectivity index (χ4n) is 1.34. The molecule has 0 aliphatic heterocycles. The van der Waals surface area contributed by atoms with E-state index < -0.39 is 12.0 Å². The van der Waals surface area contributed by atoms with Crippen LogP contribution in [0.3, 0.4) is 0 Å². The van der Waals surface area contributed by atoms with Crippen LogP contribution in [0.25, 0.3) is 0 Å². The molecule has 0 aromatic carbocycles. The summed E-state index contributed by atoms with van der Waals surface area (Å²) in [4.78, 5) is 33.0. The lowest BCUT2D eigenvalue weighted by atomic mass is 10.1. The summed E-state index contributed by atoms with van der Waals surface area (Å²) in [6.07, 6.45) is 1.03. The Labute approximate surface area is 101 Å². The van der Waals surface area contributed by atoms with Crippen molar-refractivity contribution in [2.24, 2.45) is 0 Å². The molecular weight excluding hydrogens is 224 g/mol. The largest absolute Gasteiger partial charge is 0.481 e. The number of nitrogens with one attached hydrogen (secondary N) is 2. The minimum absolute atomic E-state index is 0.124. The van der Waals surface area contributed by atoms with Gasteiger partial charge in [-0.05, 0) is 33.4 Å². The quantitative estimate of drug-likeness (QED) is 0.493. The normalized spacial score (nSPS) is 11.9. The molecule has 1 amide bonds. The number of hydrogen-bond donors (Lipinski definition) is 3. The van der Waals surface area contributed by atoms with Crippen LogP contribution in [0.1, 0.15) is 32.6 Å². The van der Waals surface area contributed by atoms with Crippen molar-refractivity contribution in [1.29, 1.82) is 0 Å². The van der Waals surface area contributed by atoms with Gasteiger partial charge < -0.3 is 15.7 Å². The summed E-state index contributed by atoms with van der Waals surface area (Å²) in [7, 11) is 1.79. The Bertz CT molecular complexity index is 279. The van der Waals surface area contributed by atoms with Crippen LogP contribution in [0, 0.1) is 0 Å². The Kier molecular flexibility index (Phi) is 7.96. The lowest BCUT2D eigenvalue weighted by molar-refractivity contribution is -0.137. The molecule has 3 N–H and O–H groups in total. The monoisotopic (exact) mass is 244 g/mol. The highest BCUT2D eigenvalue weighted by Gasteiger charge is 2.17. The van der Waals surface area contributed by atoms with Gasteiger partial charge in [0.05, 0.1) is 6.04 Å². The molecule has 0 spiro atoms. The predicted molar refractivity (Wildman–Crippen MR) is 62.6 cm³/mol. The highest BCUT2D eigenvalue weighted by Crippen LogP contribution is 2.00. The fraction of sp³-hybridized carbons (Fsp3) is 0.727. The Hall–Kier alpha value is -1.43. The van der Waals surface area contributed by atoms with E-state index in [1.54, 1.807) is 7.05 Å². The Balaban J connectivity index is 4.02. The van der Waals surface area contributed by atoms with Gasteiger partial charge in [-0.25, -0.2) is 0 Å². The summed E-state index contributed by atoms with van der Waals surface area (Å²) in [5.41, 5.74) is 0. The predicted octanol–water partition coefficient (Wildman–Crippen LogP) is -0.0754. The summed E-state index contributed by atoms with van der Waals surface area (Å²) in [6.45, 7) is 2.08. The number of carboxylic acid groups (broad SMARTS) is 1. The third kappa shape index (κ3) is 8.38. The molecule has 0 saturated carbocycles. The molecule has 0 rings (SSSR count). The zero-order valence-electron chi connectivity index (χ0n) is 10.3. The van der Waals surface area contributed by atoms with E-state index in [9.17, 15) is 14.4 Å². The van der Waals surface area contributed by atoms with Crippen LogP contribution in [0.2, 0.25) is 0 Å². The van der Waals surface area contributed by atoms with Gasteiger partial charge in [-0.3, -0.25) is 14.4 Å². The van der Waals surface area contributed by atoms with Gasteiger partial charge in [0.2, 0.25) is 5.91 Å². The first kappa shape index (κ1) is 15.6. The van der Waals surface area contributed by atoms with E-state index >= 15 is 0 Å². The average molecular weight is 244 g/mol. The van der Waals surface area contributed by atoms with Crippen molar-refractivity contribution in [3.8, 4) is 0 Å². The van der Waals surface area contributed by atoms with Crippen molar-refractivity contribution in [2.45, 2.75) is 38.6 Å². The standard InChI is InChI=1S/C11H20N2O4/c1-8(14)9(5-6-11(16)17)13-10(15)4-3-7-12-2/h9,12H,3-7H2,1-2H3,(H,13,15)(H,16,17). The Morgan fingerprint density at radius 2 is 1.88 bits per heavy atom. The molecule has 0 saturated heterocycles. The summed E-state index contributed by atoms with van der Waals surface area (Å²) in [5.74, 6) is -1.40. The van der Waals surface area contributed by atoms with Gasteiger partial charge in [-0.2, -0.15) is 0 Å². The summed E-state index contributed by atoms with van der Waals surface area (Å²) >= 11 is 0. The third-order valence-corrected chi connectivity index (χ3v) is 2.30. The molecule has 0 aromatic heterocycles. The first-order valence-electron chi connectivity index (χ1n) is 5.63. The van der Waals surface area contributed by atoms with Crippen molar-refractivity contribution in [2.75, 3.05) is 13.6 Å². The van der Waals surface area contributed by atoms with Gasteiger partial charge in [-0.1, -0.05) is 0 Å². The lowest BCUT2D eigenvalue weighted by Crippen LogP contribution is -2.40. The van der Waals surface area contributed by atoms with Crippen molar-refractivity contribution < 1.29 is 19.5 Å². The van der Waals surface area contributed by atoms with Crippen LogP contribution in [-0.2, 0) is 14.4 Å². The molecule has 6 heteroatoms. The molecule has 1 unspecified atom stereocenters. The van der Waals surface area contributed by atoms with E-state index in [1.807, 2.05) is 0 Å². The second-order valence-electron chi connectivity index (χ2n) is 3.87. The van der Waals surface area contributed by atoms with Crippen LogP contribution in [0.4, 0.5) is 0 Å². The molecule has 17 heavy (non-hydrogen) atoms. The number of aliphatic carboxylic acids is 1. The number of carbonyl (C=O) groups is 3. The topological polar surface area (TPSA) is 95.5 Å². The maximum Gasteiger partial charge on any atom is 0.303 e. The minimum atomic E-state index is -0.972. The molecule has 98 valence electrons. The SMILES string of the molecule is CNCCCC(=O)NC(CCC(=O)O)C(C)=O. The maximum atomic E-state index is 11.4. The van der Waals surface area contributed by atoms with Gasteiger partial charge in [0.15, 0.2) is 5.78 Å². The van der Waals surface area contributed by atoms with Crippen molar-refractivity contribution in [3.05, 3.63) is 0 Å². The molecular formula is C11H20N2O4. The van der Waals surface area contributed by atoms with Gasteiger partial charge in [0.25, 0.3) is 0 Å². The lowest BCUT2D eigenvalue weighted by Gasteiger charge is -2.14. The zero-order chi connectivity index (χ0) is 13.3. The Morgan fingerprint density at radius 3 is 2.35 bits per heavy atom. The van der Waals surface area contributed by atoms with Crippen LogP contribution in [-0.4, -0.2) is 42.4 Å². The van der Waals surface area contributed by atoms with Gasteiger partial charge in [0, 0.05) is 12.8 Å². The van der Waals surface area contributed by atoms with Gasteiger partial charge in [0.1, 0.15) is 0 Å². The molecule has 0 bridgehead atoms. The second kappa shape index (κ2) is 8.69. The van der Waals surface area contributed by atoms with Crippen LogP contribution in [0.15, 0.2) is 0 Å². The average Bonchev–Trinajstić information content (AvgIpc) is 2.23. The second-order valence-corrected chi connectivity index (χ2v) is 3.87. The van der Waals surface area contributed by atoms with E-state index in [0.717, 1.165) is 6.54 Å². The molecule has 0 aromatic rings. The molecule has 1 atom stereocenters. The molecule has 0 fully saturated rings. The Morgan fingerprint density at radius 1 is 1.24 bits per heavy atom. The van der Waals surface area contributed by atoms with Crippen molar-refractivity contribution in [3.63, 3.8) is 0 Å². The van der Waals surface area contributed by atoms with Gasteiger partial charge in [-0.15, -0.1) is 0 Å². The highest BCUT2D eigenvalue weighted by molar-refractivity contribution is 5.87. The molecule has 0 aliphatic carbocycles. The van der Waals surface area contributed by atoms with Crippen LogP contribution < -0.4 is 10.6 Å². The summed E-state index contributed by atoms with van der Waals surface area (Å²) in [6, 6.07) is -0.687. The van der Waals surface area contributed by atoms with Crippen LogP contribution in [0.5, 0.6) is 0 Å². The molecule has 0 radical (unpaired) electrons. The van der Waals surface area contributed by atoms with Crippen molar-refractivity contribution in [1.82, 2.24) is 10.6 Å². The maximum absolute atomic E-state index is 11.4. The first-order valence-corrected chi connectivity index (χ1v) is 5.63. The third-order valence-electron chi connectivity index (χ3n) is 2.30.